The molecule has 7 heteroatoms. The number of aromatic amines is 1. The van der Waals surface area contributed by atoms with E-state index >= 15 is 0 Å². The Hall–Kier alpha value is -3.19. The summed E-state index contributed by atoms with van der Waals surface area (Å²) in [6.07, 6.45) is 0. The van der Waals surface area contributed by atoms with Crippen molar-refractivity contribution in [3.8, 4) is 11.4 Å². The number of halogens is 1. The van der Waals surface area contributed by atoms with E-state index in [4.69, 9.17) is 0 Å². The summed E-state index contributed by atoms with van der Waals surface area (Å²) in [5.41, 5.74) is 1.08. The molecule has 0 atom stereocenters. The largest absolute Gasteiger partial charge is 0.325 e. The lowest BCUT2D eigenvalue weighted by molar-refractivity contribution is -0.113. The molecule has 1 aromatic heterocycles. The molecule has 0 radical (unpaired) electrons. The zero-order chi connectivity index (χ0) is 18.6. The maximum absolute atomic E-state index is 13.8. The van der Waals surface area contributed by atoms with E-state index in [0.717, 1.165) is 16.5 Å². The predicted octanol–water partition coefficient (Wildman–Crippen LogP) is 4.49. The molecule has 134 valence electrons. The molecule has 4 aromatic rings. The highest BCUT2D eigenvalue weighted by Crippen LogP contribution is 2.22. The lowest BCUT2D eigenvalue weighted by Gasteiger charge is -2.05. The molecule has 0 saturated carbocycles. The van der Waals surface area contributed by atoms with Gasteiger partial charge in [-0.3, -0.25) is 9.89 Å². The van der Waals surface area contributed by atoms with Crippen LogP contribution in [0.15, 0.2) is 71.9 Å². The number of carbonyl (C=O) groups excluding carboxylic acids is 1. The number of hydrogen-bond acceptors (Lipinski definition) is 4. The van der Waals surface area contributed by atoms with Crippen LogP contribution in [0.1, 0.15) is 0 Å². The summed E-state index contributed by atoms with van der Waals surface area (Å²) in [5.74, 6) is -0.0428. The molecule has 0 bridgehead atoms. The minimum atomic E-state index is -0.376. The second-order valence-electron chi connectivity index (χ2n) is 5.85. The van der Waals surface area contributed by atoms with Crippen molar-refractivity contribution in [2.24, 2.45) is 0 Å². The second-order valence-corrected chi connectivity index (χ2v) is 6.79. The number of carbonyl (C=O) groups is 1. The van der Waals surface area contributed by atoms with Gasteiger partial charge in [-0.1, -0.05) is 54.2 Å². The average molecular weight is 378 g/mol. The van der Waals surface area contributed by atoms with Crippen molar-refractivity contribution in [3.05, 3.63) is 72.5 Å². The molecule has 0 spiro atoms. The predicted molar refractivity (Wildman–Crippen MR) is 105 cm³/mol. The Bertz CT molecular complexity index is 1110. The molecule has 0 aliphatic rings. The first-order valence-corrected chi connectivity index (χ1v) is 9.26. The minimum absolute atomic E-state index is 0.154. The van der Waals surface area contributed by atoms with E-state index < -0.39 is 0 Å². The molecule has 1 amide bonds. The van der Waals surface area contributed by atoms with E-state index in [1.54, 1.807) is 18.2 Å². The number of thioether (sulfide) groups is 1. The molecule has 0 fully saturated rings. The molecule has 0 aliphatic carbocycles. The van der Waals surface area contributed by atoms with Crippen LogP contribution in [0.5, 0.6) is 0 Å². The number of nitrogens with zero attached hydrogens (tertiary/aromatic N) is 2. The summed E-state index contributed by atoms with van der Waals surface area (Å²) in [6, 6.07) is 20.0. The molecule has 3 aromatic carbocycles. The van der Waals surface area contributed by atoms with Crippen molar-refractivity contribution >= 4 is 34.1 Å². The number of aromatic nitrogens is 3. The Morgan fingerprint density at radius 2 is 1.81 bits per heavy atom. The van der Waals surface area contributed by atoms with E-state index in [0.29, 0.717) is 16.5 Å². The van der Waals surface area contributed by atoms with Crippen LogP contribution < -0.4 is 5.32 Å². The van der Waals surface area contributed by atoms with Crippen LogP contribution in [0, 0.1) is 5.82 Å². The minimum Gasteiger partial charge on any atom is -0.325 e. The Morgan fingerprint density at radius 3 is 2.67 bits per heavy atom. The van der Waals surface area contributed by atoms with Gasteiger partial charge in [0.15, 0.2) is 5.82 Å². The monoisotopic (exact) mass is 378 g/mol. The standard InChI is InChI=1S/C20H15FN4OS/c21-17-8-4-3-7-16(17)19-23-20(25-24-19)27-12-18(26)22-15-10-9-13-5-1-2-6-14(13)11-15/h1-11H,12H2,(H,22,26)(H,23,24,25). The number of benzene rings is 3. The smallest absolute Gasteiger partial charge is 0.234 e. The number of anilines is 1. The molecule has 4 rings (SSSR count). The highest BCUT2D eigenvalue weighted by atomic mass is 32.2. The summed E-state index contributed by atoms with van der Waals surface area (Å²) < 4.78 is 13.8. The lowest BCUT2D eigenvalue weighted by Crippen LogP contribution is -2.14. The van der Waals surface area contributed by atoms with E-state index in [2.05, 4.69) is 20.5 Å². The molecule has 0 unspecified atom stereocenters. The van der Waals surface area contributed by atoms with Crippen molar-refractivity contribution in [2.45, 2.75) is 5.16 Å². The topological polar surface area (TPSA) is 70.7 Å². The maximum Gasteiger partial charge on any atom is 0.234 e. The first kappa shape index (κ1) is 17.2. The average Bonchev–Trinajstić information content (AvgIpc) is 3.15. The van der Waals surface area contributed by atoms with Crippen LogP contribution in [0.2, 0.25) is 0 Å². The molecule has 27 heavy (non-hydrogen) atoms. The number of nitrogens with one attached hydrogen (secondary N) is 2. The molecular weight excluding hydrogens is 363 g/mol. The van der Waals surface area contributed by atoms with Crippen molar-refractivity contribution in [1.82, 2.24) is 15.2 Å². The fourth-order valence-corrected chi connectivity index (χ4v) is 3.28. The van der Waals surface area contributed by atoms with E-state index in [-0.39, 0.29) is 17.5 Å². The van der Waals surface area contributed by atoms with Crippen molar-refractivity contribution in [2.75, 3.05) is 11.1 Å². The van der Waals surface area contributed by atoms with Gasteiger partial charge in [-0.2, -0.15) is 0 Å². The van der Waals surface area contributed by atoms with Gasteiger partial charge in [-0.25, -0.2) is 9.37 Å². The van der Waals surface area contributed by atoms with Gasteiger partial charge in [-0.15, -0.1) is 5.10 Å². The summed E-state index contributed by atoms with van der Waals surface area (Å²) in [6.45, 7) is 0. The zero-order valence-electron chi connectivity index (χ0n) is 14.1. The Balaban J connectivity index is 1.38. The zero-order valence-corrected chi connectivity index (χ0v) is 15.0. The van der Waals surface area contributed by atoms with Crippen LogP contribution in [0.25, 0.3) is 22.2 Å². The Kier molecular flexibility index (Phi) is 4.84. The maximum atomic E-state index is 13.8. The number of fused-ring (bicyclic) bond motifs is 1. The first-order valence-electron chi connectivity index (χ1n) is 8.28. The molecule has 0 saturated heterocycles. The number of H-pyrrole nitrogens is 1. The number of hydrogen-bond donors (Lipinski definition) is 2. The van der Waals surface area contributed by atoms with Crippen LogP contribution in [-0.4, -0.2) is 26.8 Å². The van der Waals surface area contributed by atoms with Crippen molar-refractivity contribution in [1.29, 1.82) is 0 Å². The van der Waals surface area contributed by atoms with E-state index in [1.165, 1.54) is 17.8 Å². The molecular formula is C20H15FN4OS. The second kappa shape index (κ2) is 7.59. The fraction of sp³-hybridized carbons (Fsp3) is 0.0500. The van der Waals surface area contributed by atoms with Gasteiger partial charge in [-0.05, 0) is 35.0 Å². The summed E-state index contributed by atoms with van der Waals surface area (Å²) in [5, 5.41) is 12.2. The van der Waals surface area contributed by atoms with Crippen LogP contribution in [-0.2, 0) is 4.79 Å². The van der Waals surface area contributed by atoms with Gasteiger partial charge in [0.25, 0.3) is 0 Å². The molecule has 5 nitrogen and oxygen atoms in total. The third-order valence-electron chi connectivity index (χ3n) is 3.96. The van der Waals surface area contributed by atoms with Gasteiger partial charge in [0.2, 0.25) is 11.1 Å². The van der Waals surface area contributed by atoms with Crippen LogP contribution >= 0.6 is 11.8 Å². The third-order valence-corrected chi connectivity index (χ3v) is 4.81. The van der Waals surface area contributed by atoms with Gasteiger partial charge >= 0.3 is 0 Å². The Morgan fingerprint density at radius 1 is 1.04 bits per heavy atom. The Labute approximate surface area is 159 Å². The SMILES string of the molecule is O=C(CSc1n[nH]c(-c2ccccc2F)n1)Nc1ccc2ccccc2c1. The normalized spacial score (nSPS) is 10.9. The molecule has 0 aliphatic heterocycles. The van der Waals surface area contributed by atoms with E-state index in [9.17, 15) is 9.18 Å². The highest BCUT2D eigenvalue weighted by Gasteiger charge is 2.12. The summed E-state index contributed by atoms with van der Waals surface area (Å²) in [4.78, 5) is 16.4. The first-order chi connectivity index (χ1) is 13.2. The van der Waals surface area contributed by atoms with Gasteiger partial charge in [0.05, 0.1) is 11.3 Å². The van der Waals surface area contributed by atoms with Gasteiger partial charge in [0.1, 0.15) is 5.82 Å². The summed E-state index contributed by atoms with van der Waals surface area (Å²) >= 11 is 1.18. The fourth-order valence-electron chi connectivity index (χ4n) is 2.68. The highest BCUT2D eigenvalue weighted by molar-refractivity contribution is 7.99. The van der Waals surface area contributed by atoms with Crippen molar-refractivity contribution in [3.63, 3.8) is 0 Å². The molecule has 2 N–H and O–H groups in total. The van der Waals surface area contributed by atoms with Crippen molar-refractivity contribution < 1.29 is 9.18 Å². The van der Waals surface area contributed by atoms with Gasteiger partial charge in [0, 0.05) is 5.69 Å². The van der Waals surface area contributed by atoms with Gasteiger partial charge < -0.3 is 5.32 Å². The lowest BCUT2D eigenvalue weighted by atomic mass is 10.1. The van der Waals surface area contributed by atoms with E-state index in [1.807, 2.05) is 42.5 Å². The molecule has 1 heterocycles. The number of rotatable bonds is 5. The van der Waals surface area contributed by atoms with Crippen LogP contribution in [0.4, 0.5) is 10.1 Å². The summed E-state index contributed by atoms with van der Waals surface area (Å²) in [7, 11) is 0. The number of amides is 1. The van der Waals surface area contributed by atoms with Crippen LogP contribution in [0.3, 0.4) is 0 Å². The third kappa shape index (κ3) is 3.98. The quantitative estimate of drug-likeness (QED) is 0.502.